The van der Waals surface area contributed by atoms with Crippen molar-refractivity contribution in [2.75, 3.05) is 0 Å². The maximum atomic E-state index is 10.0. The lowest BCUT2D eigenvalue weighted by Gasteiger charge is -2.10. The Labute approximate surface area is 95.3 Å². The largest absolute Gasteiger partial charge is 0.386 e. The van der Waals surface area contributed by atoms with Crippen molar-refractivity contribution in [2.24, 2.45) is 7.05 Å². The molecule has 2 rings (SSSR count). The van der Waals surface area contributed by atoms with Crippen molar-refractivity contribution in [2.45, 2.75) is 19.4 Å². The van der Waals surface area contributed by atoms with Crippen LogP contribution >= 0.6 is 0 Å². The van der Waals surface area contributed by atoms with Gasteiger partial charge in [0.1, 0.15) is 6.10 Å². The van der Waals surface area contributed by atoms with Gasteiger partial charge in [0.15, 0.2) is 0 Å². The van der Waals surface area contributed by atoms with Gasteiger partial charge in [0.2, 0.25) is 0 Å². The summed E-state index contributed by atoms with van der Waals surface area (Å²) in [5.74, 6) is 0. The molecule has 1 unspecified atom stereocenters. The average Bonchev–Trinajstić information content (AvgIpc) is 2.68. The van der Waals surface area contributed by atoms with E-state index in [9.17, 15) is 5.11 Å². The molecule has 16 heavy (non-hydrogen) atoms. The number of aromatic nitrogens is 2. The fourth-order valence-corrected chi connectivity index (χ4v) is 1.76. The number of hydrogen-bond acceptors (Lipinski definition) is 2. The second kappa shape index (κ2) is 4.49. The molecule has 84 valence electrons. The van der Waals surface area contributed by atoms with E-state index in [1.54, 1.807) is 4.68 Å². The van der Waals surface area contributed by atoms with Gasteiger partial charge < -0.3 is 5.11 Å². The number of hydrogen-bond donors (Lipinski definition) is 1. The summed E-state index contributed by atoms with van der Waals surface area (Å²) in [6.07, 6.45) is 1.93. The first-order valence-electron chi connectivity index (χ1n) is 5.39. The lowest BCUT2D eigenvalue weighted by atomic mass is 10.0. The number of nitrogens with zero attached hydrogens (tertiary/aromatic N) is 2. The van der Waals surface area contributed by atoms with Gasteiger partial charge in [-0.1, -0.05) is 24.3 Å². The average molecular weight is 216 g/mol. The van der Waals surface area contributed by atoms with E-state index in [2.05, 4.69) is 18.1 Å². The molecule has 3 heteroatoms. The van der Waals surface area contributed by atoms with Crippen LogP contribution in [0.4, 0.5) is 0 Å². The zero-order valence-corrected chi connectivity index (χ0v) is 9.59. The fourth-order valence-electron chi connectivity index (χ4n) is 1.76. The molecular weight excluding hydrogens is 200 g/mol. The maximum absolute atomic E-state index is 10.0. The first-order valence-corrected chi connectivity index (χ1v) is 5.39. The molecule has 1 heterocycles. The van der Waals surface area contributed by atoms with Gasteiger partial charge in [-0.3, -0.25) is 4.68 Å². The highest BCUT2D eigenvalue weighted by Crippen LogP contribution is 2.18. The molecule has 0 saturated carbocycles. The van der Waals surface area contributed by atoms with Crippen molar-refractivity contribution in [1.29, 1.82) is 0 Å². The predicted molar refractivity (Wildman–Crippen MR) is 63.1 cm³/mol. The topological polar surface area (TPSA) is 38.0 Å². The summed E-state index contributed by atoms with van der Waals surface area (Å²) < 4.78 is 1.70. The van der Waals surface area contributed by atoms with E-state index in [-0.39, 0.29) is 0 Å². The zero-order valence-electron chi connectivity index (χ0n) is 9.59. The van der Waals surface area contributed by atoms with Crippen molar-refractivity contribution in [3.8, 4) is 0 Å². The Morgan fingerprint density at radius 1 is 1.31 bits per heavy atom. The lowest BCUT2D eigenvalue weighted by molar-refractivity contribution is 0.172. The molecule has 1 aromatic heterocycles. The van der Waals surface area contributed by atoms with Crippen molar-refractivity contribution in [3.63, 3.8) is 0 Å². The minimum absolute atomic E-state index is 0.526. The van der Waals surface area contributed by atoms with E-state index in [0.717, 1.165) is 5.69 Å². The minimum Gasteiger partial charge on any atom is -0.386 e. The van der Waals surface area contributed by atoms with Crippen molar-refractivity contribution >= 4 is 0 Å². The first kappa shape index (κ1) is 10.9. The number of aryl methyl sites for hydroxylation is 2. The van der Waals surface area contributed by atoms with Gasteiger partial charge in [-0.2, -0.15) is 5.10 Å². The third kappa shape index (κ3) is 2.31. The Balaban J connectivity index is 2.13. The van der Waals surface area contributed by atoms with Crippen LogP contribution in [-0.4, -0.2) is 14.9 Å². The number of aliphatic hydroxyl groups excluding tert-OH is 1. The fraction of sp³-hybridized carbons (Fsp3) is 0.308. The summed E-state index contributed by atoms with van der Waals surface area (Å²) in [6, 6.07) is 9.95. The van der Waals surface area contributed by atoms with Crippen LogP contribution in [0.15, 0.2) is 36.5 Å². The standard InChI is InChI=1S/C13H16N2O/c1-10-5-3-4-6-11(10)9-13(16)12-7-8-15(2)14-12/h3-8,13,16H,9H2,1-2H3. The third-order valence-electron chi connectivity index (χ3n) is 2.75. The molecule has 0 amide bonds. The molecule has 0 aliphatic carbocycles. The Morgan fingerprint density at radius 2 is 2.06 bits per heavy atom. The third-order valence-corrected chi connectivity index (χ3v) is 2.75. The molecular formula is C13H16N2O. The molecule has 1 atom stereocenters. The number of benzene rings is 1. The molecule has 0 aliphatic heterocycles. The molecule has 0 radical (unpaired) electrons. The Morgan fingerprint density at radius 3 is 2.69 bits per heavy atom. The molecule has 0 spiro atoms. The van der Waals surface area contributed by atoms with E-state index in [0.29, 0.717) is 6.42 Å². The summed E-state index contributed by atoms with van der Waals surface area (Å²) in [6.45, 7) is 2.06. The summed E-state index contributed by atoms with van der Waals surface area (Å²) in [5, 5.41) is 14.2. The zero-order chi connectivity index (χ0) is 11.5. The highest BCUT2D eigenvalue weighted by atomic mass is 16.3. The van der Waals surface area contributed by atoms with Gasteiger partial charge >= 0.3 is 0 Å². The highest BCUT2D eigenvalue weighted by Gasteiger charge is 2.12. The maximum Gasteiger partial charge on any atom is 0.102 e. The minimum atomic E-state index is -0.526. The first-order chi connectivity index (χ1) is 7.66. The Bertz CT molecular complexity index is 476. The molecule has 3 nitrogen and oxygen atoms in total. The quantitative estimate of drug-likeness (QED) is 0.852. The Kier molecular flexibility index (Phi) is 3.06. The van der Waals surface area contributed by atoms with Gasteiger partial charge in [-0.15, -0.1) is 0 Å². The Hall–Kier alpha value is -1.61. The van der Waals surface area contributed by atoms with Crippen LogP contribution in [-0.2, 0) is 13.5 Å². The van der Waals surface area contributed by atoms with Crippen LogP contribution in [0.1, 0.15) is 22.9 Å². The van der Waals surface area contributed by atoms with Crippen LogP contribution in [0.5, 0.6) is 0 Å². The summed E-state index contributed by atoms with van der Waals surface area (Å²) >= 11 is 0. The summed E-state index contributed by atoms with van der Waals surface area (Å²) in [5.41, 5.74) is 3.10. The number of rotatable bonds is 3. The normalized spacial score (nSPS) is 12.7. The molecule has 0 bridgehead atoms. The second-order valence-electron chi connectivity index (χ2n) is 4.06. The summed E-state index contributed by atoms with van der Waals surface area (Å²) in [4.78, 5) is 0. The van der Waals surface area contributed by atoms with Gasteiger partial charge in [-0.05, 0) is 24.1 Å². The van der Waals surface area contributed by atoms with Gasteiger partial charge in [0, 0.05) is 19.7 Å². The monoisotopic (exact) mass is 216 g/mol. The summed E-state index contributed by atoms with van der Waals surface area (Å²) in [7, 11) is 1.85. The van der Waals surface area contributed by atoms with Crippen LogP contribution < -0.4 is 0 Å². The van der Waals surface area contributed by atoms with E-state index in [1.807, 2.05) is 37.5 Å². The molecule has 0 aliphatic rings. The molecule has 0 saturated heterocycles. The van der Waals surface area contributed by atoms with Crippen molar-refractivity contribution in [3.05, 3.63) is 53.3 Å². The predicted octanol–water partition coefficient (Wildman–Crippen LogP) is 2.00. The van der Waals surface area contributed by atoms with Crippen LogP contribution in [0.3, 0.4) is 0 Å². The second-order valence-corrected chi connectivity index (χ2v) is 4.06. The smallest absolute Gasteiger partial charge is 0.102 e. The molecule has 1 N–H and O–H groups in total. The van der Waals surface area contributed by atoms with Gasteiger partial charge in [-0.25, -0.2) is 0 Å². The van der Waals surface area contributed by atoms with Gasteiger partial charge in [0.05, 0.1) is 5.69 Å². The van der Waals surface area contributed by atoms with E-state index in [4.69, 9.17) is 0 Å². The molecule has 2 aromatic rings. The van der Waals surface area contributed by atoms with Crippen LogP contribution in [0, 0.1) is 6.92 Å². The highest BCUT2D eigenvalue weighted by molar-refractivity contribution is 5.27. The van der Waals surface area contributed by atoms with Crippen molar-refractivity contribution in [1.82, 2.24) is 9.78 Å². The molecule has 1 aromatic carbocycles. The van der Waals surface area contributed by atoms with E-state index in [1.165, 1.54) is 11.1 Å². The number of aliphatic hydroxyl groups is 1. The van der Waals surface area contributed by atoms with Gasteiger partial charge in [0.25, 0.3) is 0 Å². The lowest BCUT2D eigenvalue weighted by Crippen LogP contribution is -2.04. The molecule has 0 fully saturated rings. The van der Waals surface area contributed by atoms with Crippen molar-refractivity contribution < 1.29 is 5.11 Å². The van der Waals surface area contributed by atoms with E-state index < -0.39 is 6.10 Å². The SMILES string of the molecule is Cc1ccccc1CC(O)c1ccn(C)n1. The van der Waals surface area contributed by atoms with Crippen LogP contribution in [0.25, 0.3) is 0 Å². The van der Waals surface area contributed by atoms with Crippen LogP contribution in [0.2, 0.25) is 0 Å². The van der Waals surface area contributed by atoms with E-state index >= 15 is 0 Å².